The van der Waals surface area contributed by atoms with E-state index >= 15 is 0 Å². The fourth-order valence-electron chi connectivity index (χ4n) is 4.04. The van der Waals surface area contributed by atoms with Gasteiger partial charge in [0, 0.05) is 37.1 Å². The van der Waals surface area contributed by atoms with Crippen molar-refractivity contribution in [2.75, 3.05) is 13.7 Å². The third-order valence-corrected chi connectivity index (χ3v) is 5.56. The van der Waals surface area contributed by atoms with Crippen LogP contribution in [0.4, 0.5) is 0 Å². The molecule has 4 nitrogen and oxygen atoms in total. The predicted molar refractivity (Wildman–Crippen MR) is 99.7 cm³/mol. The average Bonchev–Trinajstić information content (AvgIpc) is 3.41. The van der Waals surface area contributed by atoms with E-state index in [1.54, 1.807) is 7.11 Å². The molecule has 2 heterocycles. The third-order valence-electron chi connectivity index (χ3n) is 5.56. The van der Waals surface area contributed by atoms with E-state index in [1.165, 1.54) is 36.9 Å². The average molecular weight is 337 g/mol. The maximum Gasteiger partial charge on any atom is 0.119 e. The first-order valence-corrected chi connectivity index (χ1v) is 9.30. The molecule has 1 saturated heterocycles. The van der Waals surface area contributed by atoms with Crippen LogP contribution < -0.4 is 10.1 Å². The molecular weight excluding hydrogens is 310 g/mol. The zero-order valence-electron chi connectivity index (χ0n) is 15.1. The molecule has 2 fully saturated rings. The van der Waals surface area contributed by atoms with Crippen molar-refractivity contribution < 1.29 is 4.74 Å². The number of hydrogen-bond acceptors (Lipinski definition) is 4. The molecule has 0 bridgehead atoms. The number of methoxy groups -OCH3 is 1. The number of aromatic nitrogens is 1. The number of hydrogen-bond donors (Lipinski definition) is 1. The molecule has 4 heteroatoms. The zero-order valence-corrected chi connectivity index (χ0v) is 15.1. The highest BCUT2D eigenvalue weighted by Gasteiger charge is 2.42. The standard InChI is InChI=1S/C21H27N3O/c1-15-17(6-4-11-22-15)14-23-20-10-12-24(18-8-9-18)21(20)16-5-3-7-19(13-16)25-2/h3-7,11,13,18,20-21,23H,8-10,12,14H2,1-2H3/t20-,21+/m1/s1. The van der Waals surface area contributed by atoms with Crippen molar-refractivity contribution in [1.82, 2.24) is 15.2 Å². The van der Waals surface area contributed by atoms with Gasteiger partial charge in [0.1, 0.15) is 5.75 Å². The third kappa shape index (κ3) is 3.55. The Hall–Kier alpha value is -1.91. The lowest BCUT2D eigenvalue weighted by molar-refractivity contribution is 0.226. The van der Waals surface area contributed by atoms with Crippen LogP contribution in [-0.4, -0.2) is 35.6 Å². The molecule has 1 saturated carbocycles. The second-order valence-corrected chi connectivity index (χ2v) is 7.21. The lowest BCUT2D eigenvalue weighted by Crippen LogP contribution is -2.36. The van der Waals surface area contributed by atoms with Gasteiger partial charge >= 0.3 is 0 Å². The molecule has 2 aromatic rings. The van der Waals surface area contributed by atoms with E-state index < -0.39 is 0 Å². The lowest BCUT2D eigenvalue weighted by Gasteiger charge is -2.29. The highest BCUT2D eigenvalue weighted by atomic mass is 16.5. The van der Waals surface area contributed by atoms with Crippen molar-refractivity contribution in [3.63, 3.8) is 0 Å². The number of ether oxygens (including phenoxy) is 1. The fraction of sp³-hybridized carbons (Fsp3) is 0.476. The van der Waals surface area contributed by atoms with Crippen LogP contribution in [0.25, 0.3) is 0 Å². The maximum absolute atomic E-state index is 5.46. The Morgan fingerprint density at radius 1 is 1.20 bits per heavy atom. The Labute approximate surface area is 150 Å². The molecule has 4 rings (SSSR count). The molecule has 0 amide bonds. The van der Waals surface area contributed by atoms with Crippen LogP contribution in [0.2, 0.25) is 0 Å². The van der Waals surface area contributed by atoms with Crippen LogP contribution in [-0.2, 0) is 6.54 Å². The number of nitrogens with zero attached hydrogens (tertiary/aromatic N) is 2. The first-order valence-electron chi connectivity index (χ1n) is 9.30. The summed E-state index contributed by atoms with van der Waals surface area (Å²) < 4.78 is 5.46. The van der Waals surface area contributed by atoms with Gasteiger partial charge in [0.25, 0.3) is 0 Å². The van der Waals surface area contributed by atoms with Crippen LogP contribution in [0.5, 0.6) is 5.75 Å². The molecule has 132 valence electrons. The summed E-state index contributed by atoms with van der Waals surface area (Å²) in [5, 5.41) is 3.81. The molecule has 0 radical (unpaired) electrons. The summed E-state index contributed by atoms with van der Waals surface area (Å²) >= 11 is 0. The predicted octanol–water partition coefficient (Wildman–Crippen LogP) is 3.47. The number of aryl methyl sites for hydroxylation is 1. The van der Waals surface area contributed by atoms with Crippen LogP contribution in [0.1, 0.15) is 42.1 Å². The Bertz CT molecular complexity index is 729. The van der Waals surface area contributed by atoms with Gasteiger partial charge in [0.05, 0.1) is 13.2 Å². The molecule has 1 aromatic carbocycles. The molecule has 0 spiro atoms. The van der Waals surface area contributed by atoms with E-state index in [0.717, 1.165) is 24.0 Å². The van der Waals surface area contributed by atoms with Crippen molar-refractivity contribution >= 4 is 0 Å². The van der Waals surface area contributed by atoms with Crippen LogP contribution in [0, 0.1) is 6.92 Å². The Balaban J connectivity index is 1.54. The smallest absolute Gasteiger partial charge is 0.119 e. The molecule has 0 unspecified atom stereocenters. The molecule has 1 aliphatic heterocycles. The lowest BCUT2D eigenvalue weighted by atomic mass is 9.99. The summed E-state index contributed by atoms with van der Waals surface area (Å²) in [5.74, 6) is 0.946. The molecule has 1 aliphatic carbocycles. The van der Waals surface area contributed by atoms with Gasteiger partial charge < -0.3 is 10.1 Å². The van der Waals surface area contributed by atoms with Gasteiger partial charge in [0.15, 0.2) is 0 Å². The van der Waals surface area contributed by atoms with E-state index in [0.29, 0.717) is 12.1 Å². The molecule has 1 N–H and O–H groups in total. The van der Waals surface area contributed by atoms with Crippen molar-refractivity contribution in [2.24, 2.45) is 0 Å². The highest BCUT2D eigenvalue weighted by molar-refractivity contribution is 5.32. The number of benzene rings is 1. The quantitative estimate of drug-likeness (QED) is 0.876. The summed E-state index contributed by atoms with van der Waals surface area (Å²) in [4.78, 5) is 7.11. The van der Waals surface area contributed by atoms with Crippen molar-refractivity contribution in [1.29, 1.82) is 0 Å². The van der Waals surface area contributed by atoms with E-state index in [1.807, 2.05) is 18.3 Å². The molecule has 2 atom stereocenters. The first-order chi connectivity index (χ1) is 12.3. The molecule has 2 aliphatic rings. The van der Waals surface area contributed by atoms with Gasteiger partial charge in [-0.1, -0.05) is 18.2 Å². The number of nitrogens with one attached hydrogen (secondary N) is 1. The van der Waals surface area contributed by atoms with Gasteiger partial charge in [0.2, 0.25) is 0 Å². The summed E-state index contributed by atoms with van der Waals surface area (Å²) in [6.45, 7) is 4.14. The molecule has 25 heavy (non-hydrogen) atoms. The van der Waals surface area contributed by atoms with E-state index in [-0.39, 0.29) is 0 Å². The highest BCUT2D eigenvalue weighted by Crippen LogP contribution is 2.41. The minimum absolute atomic E-state index is 0.430. The van der Waals surface area contributed by atoms with Crippen molar-refractivity contribution in [3.8, 4) is 5.75 Å². The van der Waals surface area contributed by atoms with Crippen LogP contribution in [0.15, 0.2) is 42.6 Å². The maximum atomic E-state index is 5.46. The monoisotopic (exact) mass is 337 g/mol. The van der Waals surface area contributed by atoms with Gasteiger partial charge in [-0.2, -0.15) is 0 Å². The first kappa shape index (κ1) is 16.6. The van der Waals surface area contributed by atoms with Gasteiger partial charge in [-0.3, -0.25) is 9.88 Å². The number of rotatable bonds is 6. The van der Waals surface area contributed by atoms with Gasteiger partial charge in [-0.15, -0.1) is 0 Å². The largest absolute Gasteiger partial charge is 0.497 e. The van der Waals surface area contributed by atoms with E-state index in [9.17, 15) is 0 Å². The number of pyridine rings is 1. The Kier molecular flexibility index (Phi) is 4.73. The molecular formula is C21H27N3O. The normalized spacial score (nSPS) is 23.8. The number of likely N-dealkylation sites (tertiary alicyclic amines) is 1. The topological polar surface area (TPSA) is 37.4 Å². The second-order valence-electron chi connectivity index (χ2n) is 7.21. The SMILES string of the molecule is COc1cccc([C@H]2[C@H](NCc3cccnc3C)CCN2C2CC2)c1. The minimum atomic E-state index is 0.430. The summed E-state index contributed by atoms with van der Waals surface area (Å²) in [6.07, 6.45) is 5.74. The summed E-state index contributed by atoms with van der Waals surface area (Å²) in [5.41, 5.74) is 3.77. The Morgan fingerprint density at radius 2 is 2.08 bits per heavy atom. The minimum Gasteiger partial charge on any atom is -0.497 e. The van der Waals surface area contributed by atoms with Crippen LogP contribution in [0.3, 0.4) is 0 Å². The second kappa shape index (κ2) is 7.14. The van der Waals surface area contributed by atoms with E-state index in [4.69, 9.17) is 4.74 Å². The molecule has 1 aromatic heterocycles. The zero-order chi connectivity index (χ0) is 17.2. The van der Waals surface area contributed by atoms with Crippen molar-refractivity contribution in [2.45, 2.75) is 50.9 Å². The van der Waals surface area contributed by atoms with Crippen molar-refractivity contribution in [3.05, 3.63) is 59.4 Å². The van der Waals surface area contributed by atoms with E-state index in [2.05, 4.69) is 46.4 Å². The van der Waals surface area contributed by atoms with Gasteiger partial charge in [-0.25, -0.2) is 0 Å². The summed E-state index contributed by atoms with van der Waals surface area (Å²) in [6, 6.07) is 14.4. The van der Waals surface area contributed by atoms with Crippen LogP contribution >= 0.6 is 0 Å². The van der Waals surface area contributed by atoms with Gasteiger partial charge in [-0.05, 0) is 55.5 Å². The summed E-state index contributed by atoms with van der Waals surface area (Å²) in [7, 11) is 1.74. The fourth-order valence-corrected chi connectivity index (χ4v) is 4.04. The Morgan fingerprint density at radius 3 is 2.84 bits per heavy atom.